The molecule has 8 atom stereocenters. The van der Waals surface area contributed by atoms with E-state index in [0.29, 0.717) is 19.8 Å². The normalized spacial score (nSPS) is 29.2. The summed E-state index contributed by atoms with van der Waals surface area (Å²) in [6.07, 6.45) is -5.25. The third kappa shape index (κ3) is 8.25. The Morgan fingerprint density at radius 2 is 1.12 bits per heavy atom. The minimum Gasteiger partial charge on any atom is -0.493 e. The molecule has 1 fully saturated rings. The molecular weight excluding hydrogens is 540 g/mol. The van der Waals surface area contributed by atoms with Gasteiger partial charge in [-0.3, -0.25) is 0 Å². The van der Waals surface area contributed by atoms with Crippen LogP contribution in [0.25, 0.3) is 0 Å². The van der Waals surface area contributed by atoms with Crippen LogP contribution in [-0.4, -0.2) is 77.6 Å². The summed E-state index contributed by atoms with van der Waals surface area (Å²) in [6, 6.07) is 29.1. The molecule has 5 unspecified atom stereocenters. The van der Waals surface area contributed by atoms with Gasteiger partial charge in [0.1, 0.15) is 36.6 Å². The highest BCUT2D eigenvalue weighted by Crippen LogP contribution is 2.28. The monoisotopic (exact) mass is 578 g/mol. The third-order valence-electron chi connectivity index (χ3n) is 7.24. The molecule has 3 N–H and O–H groups in total. The minimum atomic E-state index is -1.52. The van der Waals surface area contributed by atoms with Gasteiger partial charge in [0, 0.05) is 0 Å². The Hall–Kier alpha value is -3.12. The number of aliphatic hydroxyl groups excluding tert-OH is 3. The molecule has 0 spiro atoms. The van der Waals surface area contributed by atoms with Crippen LogP contribution in [0.15, 0.2) is 103 Å². The van der Waals surface area contributed by atoms with Crippen LogP contribution in [0.2, 0.25) is 0 Å². The van der Waals surface area contributed by atoms with Crippen molar-refractivity contribution in [1.82, 2.24) is 0 Å². The van der Waals surface area contributed by atoms with Gasteiger partial charge in [0.2, 0.25) is 0 Å². The summed E-state index contributed by atoms with van der Waals surface area (Å²) >= 11 is 0. The summed E-state index contributed by atoms with van der Waals surface area (Å²) < 4.78 is 36.1. The predicted molar refractivity (Wildman–Crippen MR) is 153 cm³/mol. The van der Waals surface area contributed by atoms with Gasteiger partial charge in [-0.05, 0) is 22.8 Å². The molecule has 224 valence electrons. The molecular formula is C33H38O9. The molecule has 0 amide bonds. The van der Waals surface area contributed by atoms with E-state index in [1.165, 1.54) is 0 Å². The maximum Gasteiger partial charge on any atom is 0.187 e. The van der Waals surface area contributed by atoms with Crippen LogP contribution >= 0.6 is 0 Å². The maximum absolute atomic E-state index is 10.8. The third-order valence-corrected chi connectivity index (χ3v) is 7.24. The second-order valence-corrected chi connectivity index (χ2v) is 10.4. The van der Waals surface area contributed by atoms with E-state index in [1.807, 2.05) is 91.0 Å². The van der Waals surface area contributed by atoms with Gasteiger partial charge in [-0.15, -0.1) is 0 Å². The molecule has 5 rings (SSSR count). The van der Waals surface area contributed by atoms with E-state index in [0.717, 1.165) is 16.7 Å². The Morgan fingerprint density at radius 3 is 1.69 bits per heavy atom. The average Bonchev–Trinajstić information content (AvgIpc) is 3.03. The van der Waals surface area contributed by atoms with Crippen LogP contribution in [-0.2, 0) is 48.2 Å². The van der Waals surface area contributed by atoms with Crippen LogP contribution in [0.4, 0.5) is 0 Å². The number of hydrogen-bond acceptors (Lipinski definition) is 9. The van der Waals surface area contributed by atoms with E-state index in [-0.39, 0.29) is 13.2 Å². The summed E-state index contributed by atoms with van der Waals surface area (Å²) in [6.45, 7) is 1.15. The Morgan fingerprint density at radius 1 is 0.595 bits per heavy atom. The first-order valence-corrected chi connectivity index (χ1v) is 14.1. The van der Waals surface area contributed by atoms with Crippen molar-refractivity contribution in [2.45, 2.75) is 68.8 Å². The number of aliphatic hydroxyl groups is 3. The van der Waals surface area contributed by atoms with Crippen LogP contribution < -0.4 is 0 Å². The zero-order valence-electron chi connectivity index (χ0n) is 23.3. The number of ether oxygens (including phenoxy) is 6. The van der Waals surface area contributed by atoms with Crippen LogP contribution in [0.1, 0.15) is 16.7 Å². The van der Waals surface area contributed by atoms with Crippen molar-refractivity contribution in [3.63, 3.8) is 0 Å². The molecule has 0 radical (unpaired) electrons. The molecule has 2 aliphatic heterocycles. The van der Waals surface area contributed by atoms with E-state index in [2.05, 4.69) is 0 Å². The SMILES string of the molecule is OC1C(O)[C@@H](O)C(COCc2ccccc2)O[C@H]1O[C@@H]1C(OCc2ccccc2)C=COC1COCc1ccccc1. The standard InChI is InChI=1S/C33H38O9/c34-29-27(21-37-18-23-10-4-1-5-11-23)41-33(31(36)30(29)35)42-32-26(40-20-25-14-8-3-9-15-25)16-17-39-28(32)22-38-19-24-12-6-2-7-13-24/h1-17,26-36H,18-22H2/t26?,27?,28?,29-,30?,31?,32+,33-/m0/s1. The fraction of sp³-hybridized carbons (Fsp3) is 0.394. The van der Waals surface area contributed by atoms with E-state index in [1.54, 1.807) is 12.3 Å². The van der Waals surface area contributed by atoms with Crippen molar-refractivity contribution in [3.05, 3.63) is 120 Å². The lowest BCUT2D eigenvalue weighted by atomic mass is 9.98. The van der Waals surface area contributed by atoms with Crippen molar-refractivity contribution in [1.29, 1.82) is 0 Å². The van der Waals surface area contributed by atoms with Gasteiger partial charge < -0.3 is 43.7 Å². The first kappa shape index (κ1) is 30.3. The highest BCUT2D eigenvalue weighted by atomic mass is 16.7. The molecule has 2 heterocycles. The summed E-state index contributed by atoms with van der Waals surface area (Å²) in [7, 11) is 0. The highest BCUT2D eigenvalue weighted by Gasteiger charge is 2.47. The van der Waals surface area contributed by atoms with Gasteiger partial charge in [-0.25, -0.2) is 0 Å². The van der Waals surface area contributed by atoms with E-state index < -0.39 is 49.0 Å². The van der Waals surface area contributed by atoms with Crippen molar-refractivity contribution in [2.24, 2.45) is 0 Å². The van der Waals surface area contributed by atoms with Gasteiger partial charge in [0.25, 0.3) is 0 Å². The van der Waals surface area contributed by atoms with Crippen LogP contribution in [0.3, 0.4) is 0 Å². The zero-order valence-corrected chi connectivity index (χ0v) is 23.3. The second kappa shape index (κ2) is 15.4. The smallest absolute Gasteiger partial charge is 0.187 e. The first-order valence-electron chi connectivity index (χ1n) is 14.1. The Kier molecular flexibility index (Phi) is 11.1. The topological polar surface area (TPSA) is 116 Å². The summed E-state index contributed by atoms with van der Waals surface area (Å²) in [5.41, 5.74) is 2.95. The molecule has 9 nitrogen and oxygen atoms in total. The fourth-order valence-corrected chi connectivity index (χ4v) is 4.89. The number of rotatable bonds is 13. The van der Waals surface area contributed by atoms with E-state index in [4.69, 9.17) is 28.4 Å². The molecule has 0 saturated carbocycles. The molecule has 42 heavy (non-hydrogen) atoms. The minimum absolute atomic E-state index is 0.0156. The number of benzene rings is 3. The molecule has 3 aromatic carbocycles. The molecule has 2 aliphatic rings. The fourth-order valence-electron chi connectivity index (χ4n) is 4.89. The maximum atomic E-state index is 10.8. The van der Waals surface area contributed by atoms with Crippen molar-refractivity contribution in [3.8, 4) is 0 Å². The Labute approximate surface area is 245 Å². The Bertz CT molecular complexity index is 1210. The molecule has 0 bridgehead atoms. The molecule has 1 saturated heterocycles. The van der Waals surface area contributed by atoms with Gasteiger partial charge in [0.05, 0.1) is 39.3 Å². The molecule has 0 aromatic heterocycles. The molecule has 9 heteroatoms. The van der Waals surface area contributed by atoms with Gasteiger partial charge in [-0.1, -0.05) is 91.0 Å². The first-order chi connectivity index (χ1) is 20.6. The van der Waals surface area contributed by atoms with Crippen molar-refractivity contribution in [2.75, 3.05) is 13.2 Å². The lowest BCUT2D eigenvalue weighted by Gasteiger charge is -2.43. The summed E-state index contributed by atoms with van der Waals surface area (Å²) in [5, 5.41) is 32.1. The van der Waals surface area contributed by atoms with E-state index >= 15 is 0 Å². The van der Waals surface area contributed by atoms with Gasteiger partial charge >= 0.3 is 0 Å². The molecule has 0 aliphatic carbocycles. The highest BCUT2D eigenvalue weighted by molar-refractivity contribution is 5.15. The summed E-state index contributed by atoms with van der Waals surface area (Å²) in [4.78, 5) is 0. The lowest BCUT2D eigenvalue weighted by Crippen LogP contribution is -2.61. The van der Waals surface area contributed by atoms with Crippen LogP contribution in [0.5, 0.6) is 0 Å². The van der Waals surface area contributed by atoms with E-state index in [9.17, 15) is 15.3 Å². The van der Waals surface area contributed by atoms with Crippen molar-refractivity contribution < 1.29 is 43.7 Å². The zero-order chi connectivity index (χ0) is 29.1. The van der Waals surface area contributed by atoms with Crippen molar-refractivity contribution >= 4 is 0 Å². The predicted octanol–water partition coefficient (Wildman–Crippen LogP) is 3.11. The van der Waals surface area contributed by atoms with Crippen LogP contribution in [0, 0.1) is 0 Å². The Balaban J connectivity index is 1.26. The van der Waals surface area contributed by atoms with Gasteiger partial charge in [0.15, 0.2) is 12.4 Å². The second-order valence-electron chi connectivity index (χ2n) is 10.4. The quantitative estimate of drug-likeness (QED) is 0.281. The summed E-state index contributed by atoms with van der Waals surface area (Å²) in [5.74, 6) is 0. The largest absolute Gasteiger partial charge is 0.493 e. The van der Waals surface area contributed by atoms with Gasteiger partial charge in [-0.2, -0.15) is 0 Å². The lowest BCUT2D eigenvalue weighted by molar-refractivity contribution is -0.327. The number of hydrogen-bond donors (Lipinski definition) is 3. The molecule has 3 aromatic rings. The average molecular weight is 579 g/mol.